The van der Waals surface area contributed by atoms with E-state index in [-0.39, 0.29) is 41.8 Å². The second-order valence-electron chi connectivity index (χ2n) is 6.98. The minimum absolute atomic E-state index is 0.0226. The third-order valence-electron chi connectivity index (χ3n) is 4.87. The van der Waals surface area contributed by atoms with E-state index in [1.54, 1.807) is 0 Å². The Morgan fingerprint density at radius 2 is 1.61 bits per heavy atom. The van der Waals surface area contributed by atoms with Gasteiger partial charge in [0.25, 0.3) is 0 Å². The van der Waals surface area contributed by atoms with Crippen LogP contribution in [0.3, 0.4) is 0 Å². The van der Waals surface area contributed by atoms with Gasteiger partial charge in [-0.05, 0) is 36.4 Å². The van der Waals surface area contributed by atoms with E-state index < -0.39 is 29.4 Å². The van der Waals surface area contributed by atoms with E-state index in [2.05, 4.69) is 10.1 Å². The molecule has 0 saturated carbocycles. The molecule has 1 aromatic heterocycles. The van der Waals surface area contributed by atoms with E-state index in [1.807, 2.05) is 0 Å². The fraction of sp³-hybridized carbons (Fsp3) is 0.250. The maximum atomic E-state index is 12.9. The van der Waals surface area contributed by atoms with E-state index in [0.29, 0.717) is 0 Å². The number of benzene rings is 2. The lowest BCUT2D eigenvalue weighted by Gasteiger charge is -2.17. The number of rotatable bonds is 3. The highest BCUT2D eigenvalue weighted by Gasteiger charge is 2.36. The molecular weight excluding hydrogens is 428 g/mol. The molecule has 0 N–H and O–H groups in total. The maximum Gasteiger partial charge on any atom is 0.416 e. The molecule has 31 heavy (non-hydrogen) atoms. The van der Waals surface area contributed by atoms with Crippen molar-refractivity contribution in [1.82, 2.24) is 10.1 Å². The van der Waals surface area contributed by atoms with Gasteiger partial charge in [-0.1, -0.05) is 17.3 Å². The Labute approximate surface area is 171 Å². The topological polar surface area (TPSA) is 59.2 Å². The Bertz CT molecular complexity index is 1110. The molecule has 0 bridgehead atoms. The van der Waals surface area contributed by atoms with E-state index >= 15 is 0 Å². The van der Waals surface area contributed by atoms with Crippen molar-refractivity contribution in [1.29, 1.82) is 0 Å². The quantitative estimate of drug-likeness (QED) is 0.518. The number of aromatic nitrogens is 2. The van der Waals surface area contributed by atoms with Crippen LogP contribution < -0.4 is 4.90 Å². The highest BCUT2D eigenvalue weighted by Crippen LogP contribution is 2.35. The van der Waals surface area contributed by atoms with Gasteiger partial charge in [-0.3, -0.25) is 4.79 Å². The molecular formula is C20H13F6N3O2. The Morgan fingerprint density at radius 3 is 2.26 bits per heavy atom. The van der Waals surface area contributed by atoms with Gasteiger partial charge < -0.3 is 9.42 Å². The lowest BCUT2D eigenvalue weighted by atomic mass is 10.1. The van der Waals surface area contributed by atoms with Gasteiger partial charge in [-0.15, -0.1) is 0 Å². The zero-order valence-corrected chi connectivity index (χ0v) is 15.5. The lowest BCUT2D eigenvalue weighted by Crippen LogP contribution is -2.24. The summed E-state index contributed by atoms with van der Waals surface area (Å²) < 4.78 is 82.0. The standard InChI is InChI=1S/C20H13F6N3O2/c21-19(22,23)13-4-6-15(7-5-13)29-10-12(9-16(29)30)18-27-17(28-31-18)11-2-1-3-14(8-11)20(24,25)26/h1-8,12H,9-10H2. The number of carbonyl (C=O) groups excluding carboxylic acids is 1. The van der Waals surface area contributed by atoms with Gasteiger partial charge in [-0.25, -0.2) is 0 Å². The molecule has 4 rings (SSSR count). The highest BCUT2D eigenvalue weighted by atomic mass is 19.4. The predicted molar refractivity (Wildman–Crippen MR) is 95.9 cm³/mol. The molecule has 2 heterocycles. The third kappa shape index (κ3) is 4.25. The number of alkyl halides is 6. The zero-order valence-electron chi connectivity index (χ0n) is 15.5. The highest BCUT2D eigenvalue weighted by molar-refractivity contribution is 5.96. The number of amides is 1. The minimum Gasteiger partial charge on any atom is -0.339 e. The van der Waals surface area contributed by atoms with Gasteiger partial charge in [0.2, 0.25) is 17.6 Å². The van der Waals surface area contributed by atoms with E-state index in [4.69, 9.17) is 4.52 Å². The van der Waals surface area contributed by atoms with Crippen LogP contribution in [0.4, 0.5) is 32.0 Å². The van der Waals surface area contributed by atoms with Gasteiger partial charge >= 0.3 is 12.4 Å². The summed E-state index contributed by atoms with van der Waals surface area (Å²) in [7, 11) is 0. The molecule has 1 fully saturated rings. The molecule has 1 aliphatic rings. The molecule has 2 aromatic carbocycles. The molecule has 1 atom stereocenters. The van der Waals surface area contributed by atoms with Crippen molar-refractivity contribution in [3.05, 3.63) is 65.5 Å². The van der Waals surface area contributed by atoms with Crippen molar-refractivity contribution in [2.75, 3.05) is 11.4 Å². The Hall–Kier alpha value is -3.37. The van der Waals surface area contributed by atoms with Crippen molar-refractivity contribution in [2.24, 2.45) is 0 Å². The van der Waals surface area contributed by atoms with Crippen LogP contribution in [-0.2, 0) is 17.1 Å². The van der Waals surface area contributed by atoms with Crippen LogP contribution in [0.25, 0.3) is 11.4 Å². The Morgan fingerprint density at radius 1 is 0.935 bits per heavy atom. The van der Waals surface area contributed by atoms with Gasteiger partial charge in [0.15, 0.2) is 0 Å². The molecule has 0 radical (unpaired) electrons. The van der Waals surface area contributed by atoms with Crippen LogP contribution >= 0.6 is 0 Å². The molecule has 1 unspecified atom stereocenters. The largest absolute Gasteiger partial charge is 0.416 e. The van der Waals surface area contributed by atoms with Crippen molar-refractivity contribution in [3.63, 3.8) is 0 Å². The first kappa shape index (κ1) is 20.9. The van der Waals surface area contributed by atoms with Crippen molar-refractivity contribution < 1.29 is 35.7 Å². The Kier molecular flexibility index (Phi) is 4.98. The van der Waals surface area contributed by atoms with Crippen molar-refractivity contribution in [2.45, 2.75) is 24.7 Å². The van der Waals surface area contributed by atoms with Crippen LogP contribution in [0.5, 0.6) is 0 Å². The monoisotopic (exact) mass is 441 g/mol. The average Bonchev–Trinajstić information content (AvgIpc) is 3.34. The third-order valence-corrected chi connectivity index (χ3v) is 4.87. The first-order valence-corrected chi connectivity index (χ1v) is 9.01. The summed E-state index contributed by atoms with van der Waals surface area (Å²) in [5.74, 6) is -0.873. The predicted octanol–water partition coefficient (Wildman–Crippen LogP) is 5.29. The van der Waals surface area contributed by atoms with E-state index in [9.17, 15) is 31.1 Å². The van der Waals surface area contributed by atoms with Gasteiger partial charge in [-0.2, -0.15) is 31.3 Å². The summed E-state index contributed by atoms with van der Waals surface area (Å²) in [6.07, 6.45) is -9.03. The molecule has 3 aromatic rings. The van der Waals surface area contributed by atoms with Gasteiger partial charge in [0.05, 0.1) is 17.0 Å². The molecule has 5 nitrogen and oxygen atoms in total. The normalized spacial score (nSPS) is 17.4. The van der Waals surface area contributed by atoms with E-state index in [1.165, 1.54) is 29.2 Å². The molecule has 0 aliphatic carbocycles. The first-order valence-electron chi connectivity index (χ1n) is 9.01. The zero-order chi connectivity index (χ0) is 22.4. The lowest BCUT2D eigenvalue weighted by molar-refractivity contribution is -0.138. The molecule has 0 spiro atoms. The van der Waals surface area contributed by atoms with Gasteiger partial charge in [0.1, 0.15) is 0 Å². The Balaban J connectivity index is 1.52. The van der Waals surface area contributed by atoms with Crippen LogP contribution in [0.2, 0.25) is 0 Å². The van der Waals surface area contributed by atoms with Crippen molar-refractivity contribution >= 4 is 11.6 Å². The van der Waals surface area contributed by atoms with Crippen LogP contribution in [0.15, 0.2) is 53.1 Å². The summed E-state index contributed by atoms with van der Waals surface area (Å²) in [5, 5.41) is 3.71. The summed E-state index contributed by atoms with van der Waals surface area (Å²) in [6.45, 7) is 0.0917. The number of carbonyl (C=O) groups is 1. The minimum atomic E-state index is -4.53. The number of halogens is 6. The van der Waals surface area contributed by atoms with Crippen LogP contribution in [0.1, 0.15) is 29.4 Å². The van der Waals surface area contributed by atoms with Crippen molar-refractivity contribution in [3.8, 4) is 11.4 Å². The number of hydrogen-bond donors (Lipinski definition) is 0. The molecule has 1 saturated heterocycles. The molecule has 1 aliphatic heterocycles. The second-order valence-corrected chi connectivity index (χ2v) is 6.98. The fourth-order valence-electron chi connectivity index (χ4n) is 3.31. The first-order chi connectivity index (χ1) is 14.5. The number of anilines is 1. The van der Waals surface area contributed by atoms with Crippen LogP contribution in [-0.4, -0.2) is 22.6 Å². The summed E-state index contributed by atoms with van der Waals surface area (Å²) in [4.78, 5) is 17.8. The summed E-state index contributed by atoms with van der Waals surface area (Å²) >= 11 is 0. The molecule has 1 amide bonds. The summed E-state index contributed by atoms with van der Waals surface area (Å²) in [6, 6.07) is 8.60. The molecule has 11 heteroatoms. The summed E-state index contributed by atoms with van der Waals surface area (Å²) in [5.41, 5.74) is -1.30. The van der Waals surface area contributed by atoms with Crippen LogP contribution in [0, 0.1) is 0 Å². The van der Waals surface area contributed by atoms with E-state index in [0.717, 1.165) is 24.3 Å². The SMILES string of the molecule is O=C1CC(c2nc(-c3cccc(C(F)(F)F)c3)no2)CN1c1ccc(C(F)(F)F)cc1. The fourth-order valence-corrected chi connectivity index (χ4v) is 3.31. The smallest absolute Gasteiger partial charge is 0.339 e. The number of hydrogen-bond acceptors (Lipinski definition) is 4. The van der Waals surface area contributed by atoms with Gasteiger partial charge in [0, 0.05) is 24.2 Å². The second kappa shape index (κ2) is 7.40. The maximum absolute atomic E-state index is 12.9. The molecule has 162 valence electrons. The average molecular weight is 441 g/mol. The number of nitrogens with zero attached hydrogens (tertiary/aromatic N) is 3.